The molecular formula is C22H23FN8O2. The third kappa shape index (κ3) is 3.59. The highest BCUT2D eigenvalue weighted by Crippen LogP contribution is 2.28. The first kappa shape index (κ1) is 21.0. The summed E-state index contributed by atoms with van der Waals surface area (Å²) in [7, 11) is 1.72. The fourth-order valence-electron chi connectivity index (χ4n) is 4.11. The average molecular weight is 450 g/mol. The van der Waals surface area contributed by atoms with E-state index in [1.807, 2.05) is 0 Å². The molecule has 5 rings (SSSR count). The van der Waals surface area contributed by atoms with Crippen LogP contribution in [0.2, 0.25) is 0 Å². The number of H-pyrrole nitrogens is 1. The summed E-state index contributed by atoms with van der Waals surface area (Å²) in [6.07, 6.45) is 3.07. The van der Waals surface area contributed by atoms with E-state index in [9.17, 15) is 14.0 Å². The zero-order valence-electron chi connectivity index (χ0n) is 18.2. The van der Waals surface area contributed by atoms with Gasteiger partial charge in [-0.25, -0.2) is 14.4 Å². The van der Waals surface area contributed by atoms with Crippen molar-refractivity contribution in [1.29, 1.82) is 0 Å². The summed E-state index contributed by atoms with van der Waals surface area (Å²) >= 11 is 0. The van der Waals surface area contributed by atoms with Crippen LogP contribution in [-0.4, -0.2) is 67.1 Å². The topological polar surface area (TPSA) is 135 Å². The SMILES string of the molecule is C[C@@H](NC(=O)c1c[nH]c2ncc(-c3nn(C)c4cc(F)ccc34)nc12)C(=O)N1CC(CN)C1. The van der Waals surface area contributed by atoms with E-state index >= 15 is 0 Å². The Morgan fingerprint density at radius 3 is 2.91 bits per heavy atom. The molecule has 170 valence electrons. The van der Waals surface area contributed by atoms with Crippen molar-refractivity contribution in [2.24, 2.45) is 18.7 Å². The number of benzene rings is 1. The Morgan fingerprint density at radius 1 is 1.36 bits per heavy atom. The van der Waals surface area contributed by atoms with Gasteiger partial charge in [-0.1, -0.05) is 0 Å². The fraction of sp³-hybridized carbons (Fsp3) is 0.318. The van der Waals surface area contributed by atoms with Crippen molar-refractivity contribution in [3.05, 3.63) is 42.0 Å². The number of nitrogens with zero attached hydrogens (tertiary/aromatic N) is 5. The van der Waals surface area contributed by atoms with Crippen LogP contribution < -0.4 is 11.1 Å². The number of fused-ring (bicyclic) bond motifs is 2. The molecular weight excluding hydrogens is 427 g/mol. The molecule has 1 aliphatic rings. The predicted molar refractivity (Wildman–Crippen MR) is 120 cm³/mol. The Bertz CT molecular complexity index is 1390. The van der Waals surface area contributed by atoms with Crippen molar-refractivity contribution in [3.8, 4) is 11.4 Å². The van der Waals surface area contributed by atoms with Gasteiger partial charge in [0.15, 0.2) is 5.65 Å². The second-order valence-corrected chi connectivity index (χ2v) is 8.33. The third-order valence-corrected chi connectivity index (χ3v) is 6.00. The molecule has 11 heteroatoms. The monoisotopic (exact) mass is 450 g/mol. The minimum absolute atomic E-state index is 0.146. The minimum atomic E-state index is -0.688. The number of likely N-dealkylation sites (tertiary alicyclic amines) is 1. The van der Waals surface area contributed by atoms with Gasteiger partial charge < -0.3 is 20.9 Å². The standard InChI is InChI=1S/C22H23FN8O2/c1-11(22(33)31-9-12(6-24)10-31)27-21(32)15-7-25-20-19(15)28-16(8-26-20)18-14-4-3-13(23)5-17(14)30(2)29-18/h3-5,7-8,11-12H,6,9-10,24H2,1-2H3,(H,25,26)(H,27,32)/t11-/m1/s1. The molecule has 10 nitrogen and oxygen atoms in total. The van der Waals surface area contributed by atoms with Crippen molar-refractivity contribution in [2.45, 2.75) is 13.0 Å². The number of hydrogen-bond acceptors (Lipinski definition) is 6. The minimum Gasteiger partial charge on any atom is -0.344 e. The van der Waals surface area contributed by atoms with E-state index in [2.05, 4.69) is 25.4 Å². The van der Waals surface area contributed by atoms with Crippen LogP contribution in [0.25, 0.3) is 33.5 Å². The number of aromatic nitrogens is 5. The molecule has 4 aromatic rings. The molecule has 3 aromatic heterocycles. The van der Waals surface area contributed by atoms with Crippen LogP contribution in [0.15, 0.2) is 30.6 Å². The van der Waals surface area contributed by atoms with E-state index in [4.69, 9.17) is 5.73 Å². The van der Waals surface area contributed by atoms with Gasteiger partial charge in [-0.2, -0.15) is 5.10 Å². The Balaban J connectivity index is 1.42. The first-order valence-corrected chi connectivity index (χ1v) is 10.6. The van der Waals surface area contributed by atoms with Gasteiger partial charge in [0.05, 0.1) is 17.3 Å². The molecule has 4 N–H and O–H groups in total. The van der Waals surface area contributed by atoms with Crippen molar-refractivity contribution in [1.82, 2.24) is 34.9 Å². The second-order valence-electron chi connectivity index (χ2n) is 8.33. The number of amides is 2. The first-order chi connectivity index (χ1) is 15.9. The lowest BCUT2D eigenvalue weighted by Crippen LogP contribution is -2.57. The lowest BCUT2D eigenvalue weighted by atomic mass is 9.99. The molecule has 0 unspecified atom stereocenters. The molecule has 0 aliphatic carbocycles. The molecule has 1 fully saturated rings. The lowest BCUT2D eigenvalue weighted by molar-refractivity contribution is -0.138. The van der Waals surface area contributed by atoms with Gasteiger partial charge in [-0.05, 0) is 31.7 Å². The van der Waals surface area contributed by atoms with Crippen molar-refractivity contribution in [3.63, 3.8) is 0 Å². The first-order valence-electron chi connectivity index (χ1n) is 10.6. The van der Waals surface area contributed by atoms with Crippen molar-refractivity contribution >= 4 is 33.9 Å². The molecule has 1 saturated heterocycles. The molecule has 1 atom stereocenters. The van der Waals surface area contributed by atoms with Gasteiger partial charge in [0.1, 0.15) is 28.8 Å². The van der Waals surface area contributed by atoms with E-state index in [1.165, 1.54) is 18.3 Å². The Morgan fingerprint density at radius 2 is 2.15 bits per heavy atom. The number of nitrogens with two attached hydrogens (primary N) is 1. The van der Waals surface area contributed by atoms with Crippen LogP contribution in [0.3, 0.4) is 0 Å². The van der Waals surface area contributed by atoms with Gasteiger partial charge in [-0.3, -0.25) is 14.3 Å². The zero-order valence-corrected chi connectivity index (χ0v) is 18.2. The van der Waals surface area contributed by atoms with Crippen LogP contribution in [0.4, 0.5) is 4.39 Å². The summed E-state index contributed by atoms with van der Waals surface area (Å²) in [5, 5.41) is 7.93. The van der Waals surface area contributed by atoms with Crippen LogP contribution in [0, 0.1) is 11.7 Å². The van der Waals surface area contributed by atoms with E-state index in [0.717, 1.165) is 5.39 Å². The summed E-state index contributed by atoms with van der Waals surface area (Å²) in [6, 6.07) is 3.72. The molecule has 0 saturated carbocycles. The van der Waals surface area contributed by atoms with Gasteiger partial charge in [0.25, 0.3) is 5.91 Å². The number of hydrogen-bond donors (Lipinski definition) is 3. The molecule has 0 spiro atoms. The lowest BCUT2D eigenvalue weighted by Gasteiger charge is -2.40. The summed E-state index contributed by atoms with van der Waals surface area (Å²) < 4.78 is 15.2. The largest absolute Gasteiger partial charge is 0.344 e. The van der Waals surface area contributed by atoms with Gasteiger partial charge in [0, 0.05) is 37.6 Å². The normalized spacial score (nSPS) is 15.1. The smallest absolute Gasteiger partial charge is 0.255 e. The third-order valence-electron chi connectivity index (χ3n) is 6.00. The number of nitrogens with one attached hydrogen (secondary N) is 2. The van der Waals surface area contributed by atoms with Crippen LogP contribution in [0.1, 0.15) is 17.3 Å². The Labute approximate surface area is 188 Å². The maximum atomic E-state index is 13.7. The molecule has 1 aliphatic heterocycles. The predicted octanol–water partition coefficient (Wildman–Crippen LogP) is 1.19. The maximum absolute atomic E-state index is 13.7. The Kier molecular flexibility index (Phi) is 5.05. The van der Waals surface area contributed by atoms with Crippen molar-refractivity contribution in [2.75, 3.05) is 19.6 Å². The van der Waals surface area contributed by atoms with E-state index in [-0.39, 0.29) is 17.3 Å². The second kappa shape index (κ2) is 7.93. The molecule has 4 heterocycles. The number of carbonyl (C=O) groups is 2. The molecule has 0 radical (unpaired) electrons. The highest BCUT2D eigenvalue weighted by Gasteiger charge is 2.33. The highest BCUT2D eigenvalue weighted by atomic mass is 19.1. The number of aromatic amines is 1. The molecule has 33 heavy (non-hydrogen) atoms. The summed E-state index contributed by atoms with van der Waals surface area (Å²) in [5.74, 6) is -0.619. The van der Waals surface area contributed by atoms with Crippen molar-refractivity contribution < 1.29 is 14.0 Å². The molecule has 0 bridgehead atoms. The van der Waals surface area contributed by atoms with E-state index < -0.39 is 11.9 Å². The van der Waals surface area contributed by atoms with Gasteiger partial charge >= 0.3 is 0 Å². The summed E-state index contributed by atoms with van der Waals surface area (Å²) in [4.78, 5) is 39.1. The van der Waals surface area contributed by atoms with E-state index in [0.29, 0.717) is 53.6 Å². The number of rotatable bonds is 5. The Hall–Kier alpha value is -3.86. The average Bonchev–Trinajstić information content (AvgIpc) is 3.33. The van der Waals surface area contributed by atoms with Crippen LogP contribution in [0.5, 0.6) is 0 Å². The molecule has 1 aromatic carbocycles. The van der Waals surface area contributed by atoms with Gasteiger partial charge in [-0.15, -0.1) is 0 Å². The zero-order chi connectivity index (χ0) is 23.3. The molecule has 2 amide bonds. The number of aryl methyl sites for hydroxylation is 1. The van der Waals surface area contributed by atoms with Gasteiger partial charge in [0.2, 0.25) is 5.91 Å². The number of carbonyl (C=O) groups excluding carboxylic acids is 2. The fourth-order valence-corrected chi connectivity index (χ4v) is 4.11. The number of halogens is 1. The highest BCUT2D eigenvalue weighted by molar-refractivity contribution is 6.06. The maximum Gasteiger partial charge on any atom is 0.255 e. The van der Waals surface area contributed by atoms with Crippen LogP contribution >= 0.6 is 0 Å². The quantitative estimate of drug-likeness (QED) is 0.418. The van der Waals surface area contributed by atoms with E-state index in [1.54, 1.807) is 35.8 Å². The summed E-state index contributed by atoms with van der Waals surface area (Å²) in [6.45, 7) is 3.42. The van der Waals surface area contributed by atoms with Crippen LogP contribution in [-0.2, 0) is 11.8 Å². The summed E-state index contributed by atoms with van der Waals surface area (Å²) in [5.41, 5.74) is 8.28.